The summed E-state index contributed by atoms with van der Waals surface area (Å²) in [5, 5.41) is 17.5. The molecule has 16 heavy (non-hydrogen) atoms. The summed E-state index contributed by atoms with van der Waals surface area (Å²) in [6.45, 7) is 3.36. The van der Waals surface area contributed by atoms with E-state index in [9.17, 15) is 4.79 Å². The molecule has 0 atom stereocenters. The summed E-state index contributed by atoms with van der Waals surface area (Å²) in [5.41, 5.74) is -0.0695. The Kier molecular flexibility index (Phi) is 4.65. The van der Waals surface area contributed by atoms with Crippen LogP contribution in [0, 0.1) is 0 Å². The second-order valence-electron chi connectivity index (χ2n) is 3.22. The van der Waals surface area contributed by atoms with Gasteiger partial charge in [0.1, 0.15) is 5.82 Å². The lowest BCUT2D eigenvalue weighted by Crippen LogP contribution is -2.26. The van der Waals surface area contributed by atoms with Gasteiger partial charge < -0.3 is 15.1 Å². The van der Waals surface area contributed by atoms with Gasteiger partial charge in [-0.25, -0.2) is 9.78 Å². The van der Waals surface area contributed by atoms with Gasteiger partial charge in [-0.2, -0.15) is 0 Å². The van der Waals surface area contributed by atoms with Gasteiger partial charge in [-0.1, -0.05) is 0 Å². The highest BCUT2D eigenvalue weighted by molar-refractivity contribution is 5.85. The Bertz CT molecular complexity index is 357. The molecule has 1 aromatic rings. The number of aromatic carboxylic acids is 1. The second-order valence-corrected chi connectivity index (χ2v) is 3.22. The third-order valence-electron chi connectivity index (χ3n) is 2.13. The Hall–Kier alpha value is -1.69. The molecule has 0 unspecified atom stereocenters. The van der Waals surface area contributed by atoms with Gasteiger partial charge in [-0.15, -0.1) is 0 Å². The summed E-state index contributed by atoms with van der Waals surface area (Å²) in [6, 6.07) is 0. The molecule has 0 aromatic carbocycles. The molecule has 0 saturated heterocycles. The summed E-state index contributed by atoms with van der Waals surface area (Å²) in [5.74, 6) is -0.566. The fourth-order valence-corrected chi connectivity index (χ4v) is 1.31. The molecule has 0 radical (unpaired) electrons. The highest BCUT2D eigenvalue weighted by atomic mass is 16.4. The number of anilines is 1. The van der Waals surface area contributed by atoms with Crippen LogP contribution in [-0.4, -0.2) is 45.8 Å². The molecule has 6 heteroatoms. The van der Waals surface area contributed by atoms with E-state index in [-0.39, 0.29) is 12.3 Å². The first kappa shape index (κ1) is 12.4. The zero-order valence-corrected chi connectivity index (χ0v) is 9.13. The molecule has 0 saturated carbocycles. The van der Waals surface area contributed by atoms with E-state index in [1.165, 1.54) is 12.4 Å². The quantitative estimate of drug-likeness (QED) is 0.728. The van der Waals surface area contributed by atoms with E-state index in [1.807, 2.05) is 11.8 Å². The van der Waals surface area contributed by atoms with E-state index in [0.717, 1.165) is 0 Å². The van der Waals surface area contributed by atoms with E-state index >= 15 is 0 Å². The first-order valence-corrected chi connectivity index (χ1v) is 5.10. The highest BCUT2D eigenvalue weighted by Crippen LogP contribution is 2.09. The molecule has 6 nitrogen and oxygen atoms in total. The number of aliphatic hydroxyl groups is 1. The van der Waals surface area contributed by atoms with Crippen LogP contribution in [0.15, 0.2) is 12.4 Å². The predicted octanol–water partition coefficient (Wildman–Crippen LogP) is 0.384. The number of hydrogen-bond donors (Lipinski definition) is 2. The molecule has 0 aliphatic rings. The summed E-state index contributed by atoms with van der Waals surface area (Å²) >= 11 is 0. The number of hydrogen-bond acceptors (Lipinski definition) is 5. The molecule has 1 rings (SSSR count). The van der Waals surface area contributed by atoms with Crippen LogP contribution in [0.4, 0.5) is 5.82 Å². The number of carboxylic acid groups (broad SMARTS) is 1. The lowest BCUT2D eigenvalue weighted by Gasteiger charge is -2.20. The Balaban J connectivity index is 2.83. The molecule has 0 amide bonds. The van der Waals surface area contributed by atoms with Gasteiger partial charge in [0.2, 0.25) is 0 Å². The maximum absolute atomic E-state index is 10.7. The number of nitrogens with zero attached hydrogens (tertiary/aromatic N) is 3. The number of carboxylic acids is 1. The van der Waals surface area contributed by atoms with Gasteiger partial charge >= 0.3 is 5.97 Å². The molecule has 88 valence electrons. The lowest BCUT2D eigenvalue weighted by atomic mass is 10.3. The van der Waals surface area contributed by atoms with Gasteiger partial charge in [0.15, 0.2) is 5.69 Å². The topological polar surface area (TPSA) is 86.5 Å². The molecule has 0 aliphatic carbocycles. The fourth-order valence-electron chi connectivity index (χ4n) is 1.31. The van der Waals surface area contributed by atoms with Gasteiger partial charge in [0.05, 0.1) is 12.4 Å². The van der Waals surface area contributed by atoms with Crippen LogP contribution in [0.25, 0.3) is 0 Å². The van der Waals surface area contributed by atoms with Crippen LogP contribution in [0.5, 0.6) is 0 Å². The minimum atomic E-state index is -1.09. The summed E-state index contributed by atoms with van der Waals surface area (Å²) in [6.07, 6.45) is 3.35. The number of aliphatic hydroxyl groups excluding tert-OH is 1. The van der Waals surface area contributed by atoms with Gasteiger partial charge in [0.25, 0.3) is 0 Å². The number of carbonyl (C=O) groups is 1. The van der Waals surface area contributed by atoms with Gasteiger partial charge in [-0.05, 0) is 13.3 Å². The normalized spacial score (nSPS) is 10.1. The second kappa shape index (κ2) is 6.02. The Morgan fingerprint density at radius 3 is 2.81 bits per heavy atom. The molecule has 1 heterocycles. The highest BCUT2D eigenvalue weighted by Gasteiger charge is 2.10. The van der Waals surface area contributed by atoms with E-state index in [2.05, 4.69) is 9.97 Å². The van der Waals surface area contributed by atoms with Crippen molar-refractivity contribution >= 4 is 11.8 Å². The van der Waals surface area contributed by atoms with Crippen molar-refractivity contribution in [2.24, 2.45) is 0 Å². The average Bonchev–Trinajstić information content (AvgIpc) is 2.30. The Labute approximate surface area is 93.6 Å². The number of rotatable bonds is 6. The van der Waals surface area contributed by atoms with Crippen molar-refractivity contribution < 1.29 is 15.0 Å². The zero-order chi connectivity index (χ0) is 12.0. The third kappa shape index (κ3) is 3.16. The maximum atomic E-state index is 10.7. The van der Waals surface area contributed by atoms with Crippen LogP contribution in [-0.2, 0) is 0 Å². The molecular formula is C10H15N3O3. The smallest absolute Gasteiger partial charge is 0.356 e. The Morgan fingerprint density at radius 2 is 2.25 bits per heavy atom. The third-order valence-corrected chi connectivity index (χ3v) is 2.13. The van der Waals surface area contributed by atoms with Crippen molar-refractivity contribution in [3.05, 3.63) is 18.1 Å². The molecule has 0 spiro atoms. The maximum Gasteiger partial charge on any atom is 0.356 e. The van der Waals surface area contributed by atoms with Crippen LogP contribution in [0.2, 0.25) is 0 Å². The van der Waals surface area contributed by atoms with Crippen molar-refractivity contribution in [3.63, 3.8) is 0 Å². The van der Waals surface area contributed by atoms with Crippen molar-refractivity contribution in [3.8, 4) is 0 Å². The standard InChI is InChI=1S/C10H15N3O3/c1-2-13(4-3-5-14)9-7-11-6-8(12-9)10(15)16/h6-7,14H,2-5H2,1H3,(H,15,16). The largest absolute Gasteiger partial charge is 0.476 e. The summed E-state index contributed by atoms with van der Waals surface area (Å²) in [4.78, 5) is 20.4. The van der Waals surface area contributed by atoms with Crippen molar-refractivity contribution in [2.75, 3.05) is 24.6 Å². The zero-order valence-electron chi connectivity index (χ0n) is 9.13. The first-order chi connectivity index (χ1) is 7.69. The van der Waals surface area contributed by atoms with Crippen molar-refractivity contribution in [1.82, 2.24) is 9.97 Å². The van der Waals surface area contributed by atoms with Crippen LogP contribution < -0.4 is 4.90 Å². The average molecular weight is 225 g/mol. The molecular weight excluding hydrogens is 210 g/mol. The predicted molar refractivity (Wildman–Crippen MR) is 58.6 cm³/mol. The lowest BCUT2D eigenvalue weighted by molar-refractivity contribution is 0.0690. The summed E-state index contributed by atoms with van der Waals surface area (Å²) < 4.78 is 0. The van der Waals surface area contributed by atoms with Crippen LogP contribution >= 0.6 is 0 Å². The first-order valence-electron chi connectivity index (χ1n) is 5.10. The molecule has 1 aromatic heterocycles. The van der Waals surface area contributed by atoms with Crippen LogP contribution in [0.1, 0.15) is 23.8 Å². The minimum Gasteiger partial charge on any atom is -0.476 e. The van der Waals surface area contributed by atoms with Crippen LogP contribution in [0.3, 0.4) is 0 Å². The van der Waals surface area contributed by atoms with Gasteiger partial charge in [-0.3, -0.25) is 4.98 Å². The fraction of sp³-hybridized carbons (Fsp3) is 0.500. The van der Waals surface area contributed by atoms with E-state index < -0.39 is 5.97 Å². The minimum absolute atomic E-state index is 0.0695. The summed E-state index contributed by atoms with van der Waals surface area (Å²) in [7, 11) is 0. The van der Waals surface area contributed by atoms with Crippen molar-refractivity contribution in [2.45, 2.75) is 13.3 Å². The van der Waals surface area contributed by atoms with Crippen molar-refractivity contribution in [1.29, 1.82) is 0 Å². The SMILES string of the molecule is CCN(CCCO)c1cncc(C(=O)O)n1. The molecule has 0 aliphatic heterocycles. The monoisotopic (exact) mass is 225 g/mol. The molecule has 0 fully saturated rings. The molecule has 0 bridgehead atoms. The van der Waals surface area contributed by atoms with E-state index in [1.54, 1.807) is 0 Å². The van der Waals surface area contributed by atoms with E-state index in [0.29, 0.717) is 25.3 Å². The Morgan fingerprint density at radius 1 is 1.50 bits per heavy atom. The van der Waals surface area contributed by atoms with Gasteiger partial charge in [0, 0.05) is 19.7 Å². The number of aromatic nitrogens is 2. The molecule has 2 N–H and O–H groups in total. The van der Waals surface area contributed by atoms with E-state index in [4.69, 9.17) is 10.2 Å².